The van der Waals surface area contributed by atoms with E-state index >= 15 is 0 Å². The number of amides is 1. The molecule has 2 N–H and O–H groups in total. The Kier molecular flexibility index (Phi) is 5.03. The number of nitrogens with one attached hydrogen (secondary N) is 1. The molecular weight excluding hydrogens is 318 g/mol. The molecule has 1 aliphatic rings. The normalized spacial score (nSPS) is 17.1. The molecule has 25 heavy (non-hydrogen) atoms. The summed E-state index contributed by atoms with van der Waals surface area (Å²) in [5.74, 6) is -0.680. The van der Waals surface area contributed by atoms with Crippen molar-refractivity contribution in [3.63, 3.8) is 0 Å². The lowest BCUT2D eigenvalue weighted by atomic mass is 9.96. The van der Waals surface area contributed by atoms with Gasteiger partial charge in [-0.2, -0.15) is 0 Å². The van der Waals surface area contributed by atoms with Gasteiger partial charge in [0.15, 0.2) is 0 Å². The average Bonchev–Trinajstić information content (AvgIpc) is 2.62. The molecule has 0 saturated carbocycles. The number of carboxylic acid groups (broad SMARTS) is 1. The number of hydrogen-bond acceptors (Lipinski definition) is 3. The van der Waals surface area contributed by atoms with Crippen molar-refractivity contribution in [3.8, 4) is 5.75 Å². The molecule has 1 aliphatic heterocycles. The molecule has 0 bridgehead atoms. The van der Waals surface area contributed by atoms with Crippen LogP contribution >= 0.6 is 0 Å². The van der Waals surface area contributed by atoms with E-state index in [0.29, 0.717) is 25.1 Å². The monoisotopic (exact) mass is 339 g/mol. The Labute approximate surface area is 146 Å². The molecule has 0 saturated heterocycles. The number of carbonyl (C=O) groups excluding carboxylic acids is 1. The number of hydrogen-bond donors (Lipinski definition) is 2. The molecule has 130 valence electrons. The number of aliphatic carboxylic acids is 1. The molecule has 2 unspecified atom stereocenters. The van der Waals surface area contributed by atoms with Crippen molar-refractivity contribution < 1.29 is 19.4 Å². The van der Waals surface area contributed by atoms with Crippen molar-refractivity contribution in [2.45, 2.75) is 19.8 Å². The molecule has 5 nitrogen and oxygen atoms in total. The maximum absolute atomic E-state index is 12.5. The summed E-state index contributed by atoms with van der Waals surface area (Å²) < 4.78 is 5.66. The second-order valence-corrected chi connectivity index (χ2v) is 6.45. The lowest BCUT2D eigenvalue weighted by Gasteiger charge is -2.24. The summed E-state index contributed by atoms with van der Waals surface area (Å²) in [6.07, 6.45) is 1.13. The van der Waals surface area contributed by atoms with Gasteiger partial charge in [-0.25, -0.2) is 0 Å². The first kappa shape index (κ1) is 17.0. The molecule has 0 aromatic heterocycles. The molecule has 0 aliphatic carbocycles. The maximum atomic E-state index is 12.5. The minimum absolute atomic E-state index is 0.0684. The zero-order chi connectivity index (χ0) is 17.8. The lowest BCUT2D eigenvalue weighted by molar-refractivity contribution is -0.141. The highest BCUT2D eigenvalue weighted by Crippen LogP contribution is 2.27. The molecule has 2 aromatic carbocycles. The van der Waals surface area contributed by atoms with Crippen LogP contribution in [-0.2, 0) is 22.4 Å². The average molecular weight is 339 g/mol. The van der Waals surface area contributed by atoms with Crippen molar-refractivity contribution in [1.29, 1.82) is 0 Å². The molecule has 2 aromatic rings. The van der Waals surface area contributed by atoms with Crippen LogP contribution < -0.4 is 10.1 Å². The quantitative estimate of drug-likeness (QED) is 0.877. The first-order valence-electron chi connectivity index (χ1n) is 8.36. The van der Waals surface area contributed by atoms with Crippen LogP contribution in [0.5, 0.6) is 5.75 Å². The highest BCUT2D eigenvalue weighted by Gasteiger charge is 2.25. The Bertz CT molecular complexity index is 770. The minimum Gasteiger partial charge on any atom is -0.492 e. The number of carboxylic acids is 1. The molecule has 0 spiro atoms. The van der Waals surface area contributed by atoms with Crippen LogP contribution in [0.15, 0.2) is 48.5 Å². The summed E-state index contributed by atoms with van der Waals surface area (Å²) >= 11 is 0. The smallest absolute Gasteiger partial charge is 0.306 e. The van der Waals surface area contributed by atoms with Crippen molar-refractivity contribution in [1.82, 2.24) is 0 Å². The molecular formula is C20H21NO4. The molecule has 0 fully saturated rings. The van der Waals surface area contributed by atoms with E-state index in [0.717, 1.165) is 16.9 Å². The number of carbonyl (C=O) groups is 2. The summed E-state index contributed by atoms with van der Waals surface area (Å²) in [5.41, 5.74) is 2.69. The first-order chi connectivity index (χ1) is 12.0. The van der Waals surface area contributed by atoms with E-state index < -0.39 is 11.9 Å². The number of para-hydroxylation sites is 1. The Hall–Kier alpha value is -2.82. The summed E-state index contributed by atoms with van der Waals surface area (Å²) in [6, 6.07) is 15.1. The Morgan fingerprint density at radius 3 is 2.64 bits per heavy atom. The van der Waals surface area contributed by atoms with E-state index in [1.807, 2.05) is 36.4 Å². The van der Waals surface area contributed by atoms with Crippen LogP contribution in [0.2, 0.25) is 0 Å². The fourth-order valence-corrected chi connectivity index (χ4v) is 2.91. The summed E-state index contributed by atoms with van der Waals surface area (Å²) in [5, 5.41) is 11.9. The SMILES string of the molecule is CC(Cc1ccc(NC(=O)C2COc3ccccc3C2)cc1)C(=O)O. The zero-order valence-corrected chi connectivity index (χ0v) is 14.1. The highest BCUT2D eigenvalue weighted by molar-refractivity contribution is 5.93. The Balaban J connectivity index is 1.59. The third-order valence-corrected chi connectivity index (χ3v) is 4.43. The van der Waals surface area contributed by atoms with E-state index in [-0.39, 0.29) is 11.8 Å². The standard InChI is InChI=1S/C20H21NO4/c1-13(20(23)24)10-14-6-8-17(9-7-14)21-19(22)16-11-15-4-2-3-5-18(15)25-12-16/h2-9,13,16H,10-12H2,1H3,(H,21,22)(H,23,24). The van der Waals surface area contributed by atoms with Crippen molar-refractivity contribution in [3.05, 3.63) is 59.7 Å². The lowest BCUT2D eigenvalue weighted by Crippen LogP contribution is -2.32. The fourth-order valence-electron chi connectivity index (χ4n) is 2.91. The zero-order valence-electron chi connectivity index (χ0n) is 14.1. The van der Waals surface area contributed by atoms with Gasteiger partial charge in [0.25, 0.3) is 0 Å². The number of ether oxygens (including phenoxy) is 1. The maximum Gasteiger partial charge on any atom is 0.306 e. The first-order valence-corrected chi connectivity index (χ1v) is 8.36. The van der Waals surface area contributed by atoms with E-state index in [4.69, 9.17) is 9.84 Å². The number of rotatable bonds is 5. The largest absolute Gasteiger partial charge is 0.492 e. The van der Waals surface area contributed by atoms with Crippen LogP contribution in [0.1, 0.15) is 18.1 Å². The van der Waals surface area contributed by atoms with Gasteiger partial charge in [0, 0.05) is 5.69 Å². The van der Waals surface area contributed by atoms with Gasteiger partial charge in [0.1, 0.15) is 12.4 Å². The predicted octanol–water partition coefficient (Wildman–Crippen LogP) is 3.14. The molecule has 1 heterocycles. The van der Waals surface area contributed by atoms with Crippen LogP contribution in [0.3, 0.4) is 0 Å². The number of benzene rings is 2. The number of anilines is 1. The van der Waals surface area contributed by atoms with Crippen molar-refractivity contribution >= 4 is 17.6 Å². The molecule has 2 atom stereocenters. The topological polar surface area (TPSA) is 75.6 Å². The van der Waals surface area contributed by atoms with Gasteiger partial charge < -0.3 is 15.2 Å². The van der Waals surface area contributed by atoms with E-state index in [2.05, 4.69) is 5.32 Å². The molecule has 5 heteroatoms. The molecule has 1 amide bonds. The molecule has 3 rings (SSSR count). The Morgan fingerprint density at radius 2 is 1.92 bits per heavy atom. The highest BCUT2D eigenvalue weighted by atomic mass is 16.5. The second-order valence-electron chi connectivity index (χ2n) is 6.45. The Morgan fingerprint density at radius 1 is 1.20 bits per heavy atom. The van der Waals surface area contributed by atoms with Crippen LogP contribution in [0, 0.1) is 11.8 Å². The van der Waals surface area contributed by atoms with E-state index in [1.165, 1.54) is 0 Å². The third kappa shape index (κ3) is 4.18. The summed E-state index contributed by atoms with van der Waals surface area (Å²) in [6.45, 7) is 2.05. The van der Waals surface area contributed by atoms with Gasteiger partial charge in [0.05, 0.1) is 11.8 Å². The predicted molar refractivity (Wildman–Crippen MR) is 94.7 cm³/mol. The minimum atomic E-state index is -0.810. The van der Waals surface area contributed by atoms with Crippen LogP contribution in [-0.4, -0.2) is 23.6 Å². The molecule has 0 radical (unpaired) electrons. The van der Waals surface area contributed by atoms with Gasteiger partial charge in [-0.15, -0.1) is 0 Å². The van der Waals surface area contributed by atoms with Crippen LogP contribution in [0.25, 0.3) is 0 Å². The second kappa shape index (κ2) is 7.38. The van der Waals surface area contributed by atoms with E-state index in [9.17, 15) is 9.59 Å². The fraction of sp³-hybridized carbons (Fsp3) is 0.300. The van der Waals surface area contributed by atoms with Gasteiger partial charge >= 0.3 is 5.97 Å². The van der Waals surface area contributed by atoms with Crippen molar-refractivity contribution in [2.24, 2.45) is 11.8 Å². The summed E-state index contributed by atoms with van der Waals surface area (Å²) in [7, 11) is 0. The van der Waals surface area contributed by atoms with Crippen LogP contribution in [0.4, 0.5) is 5.69 Å². The van der Waals surface area contributed by atoms with Gasteiger partial charge in [-0.3, -0.25) is 9.59 Å². The van der Waals surface area contributed by atoms with Gasteiger partial charge in [-0.1, -0.05) is 37.3 Å². The van der Waals surface area contributed by atoms with Crippen molar-refractivity contribution in [2.75, 3.05) is 11.9 Å². The van der Waals surface area contributed by atoms with Gasteiger partial charge in [-0.05, 0) is 42.2 Å². The van der Waals surface area contributed by atoms with E-state index in [1.54, 1.807) is 19.1 Å². The number of fused-ring (bicyclic) bond motifs is 1. The summed E-state index contributed by atoms with van der Waals surface area (Å²) in [4.78, 5) is 23.4. The third-order valence-electron chi connectivity index (χ3n) is 4.43. The van der Waals surface area contributed by atoms with Gasteiger partial charge in [0.2, 0.25) is 5.91 Å².